The molecule has 1 fully saturated rings. The minimum Gasteiger partial charge on any atom is -0.274 e. The standard InChI is InChI=1S/C18H17N3O2/c22-17-14-8-4-5-9-15(14)18(23)21(17)16-10-11-20(19-16)12-13-6-2-1-3-7-13/h1-7,10-11,14-15H,8-9,12H2/t14-,15-/m1/s1. The molecule has 116 valence electrons. The maximum absolute atomic E-state index is 12.5. The molecule has 1 aliphatic carbocycles. The molecule has 1 aromatic carbocycles. The van der Waals surface area contributed by atoms with Crippen LogP contribution in [0.1, 0.15) is 18.4 Å². The maximum atomic E-state index is 12.5. The SMILES string of the molecule is O=C1[C@@H]2CC=CC[C@H]2C(=O)N1c1ccn(Cc2ccccc2)n1. The van der Waals surface area contributed by atoms with Gasteiger partial charge in [-0.15, -0.1) is 0 Å². The van der Waals surface area contributed by atoms with Crippen LogP contribution in [-0.4, -0.2) is 21.6 Å². The molecule has 2 atom stereocenters. The molecule has 5 nitrogen and oxygen atoms in total. The van der Waals surface area contributed by atoms with Crippen LogP contribution in [0.5, 0.6) is 0 Å². The predicted molar refractivity (Wildman–Crippen MR) is 85.6 cm³/mol. The molecular formula is C18H17N3O2. The quantitative estimate of drug-likeness (QED) is 0.646. The third-order valence-corrected chi connectivity index (χ3v) is 4.55. The first-order valence-electron chi connectivity index (χ1n) is 7.84. The monoisotopic (exact) mass is 307 g/mol. The summed E-state index contributed by atoms with van der Waals surface area (Å²) in [5, 5.41) is 4.43. The summed E-state index contributed by atoms with van der Waals surface area (Å²) in [7, 11) is 0. The molecule has 0 bridgehead atoms. The maximum Gasteiger partial charge on any atom is 0.239 e. The largest absolute Gasteiger partial charge is 0.274 e. The zero-order valence-electron chi connectivity index (χ0n) is 12.6. The summed E-state index contributed by atoms with van der Waals surface area (Å²) in [6.45, 7) is 0.617. The van der Waals surface area contributed by atoms with E-state index in [0.717, 1.165) is 5.56 Å². The molecule has 0 radical (unpaired) electrons. The highest BCUT2D eigenvalue weighted by Crippen LogP contribution is 2.36. The van der Waals surface area contributed by atoms with Gasteiger partial charge in [0.05, 0.1) is 18.4 Å². The van der Waals surface area contributed by atoms with Crippen LogP contribution in [0, 0.1) is 11.8 Å². The number of fused-ring (bicyclic) bond motifs is 1. The molecule has 0 N–H and O–H groups in total. The summed E-state index contributed by atoms with van der Waals surface area (Å²) >= 11 is 0. The van der Waals surface area contributed by atoms with E-state index in [2.05, 4.69) is 5.10 Å². The molecule has 1 saturated heterocycles. The lowest BCUT2D eigenvalue weighted by molar-refractivity contribution is -0.122. The molecule has 23 heavy (non-hydrogen) atoms. The molecule has 2 aliphatic rings. The second-order valence-corrected chi connectivity index (χ2v) is 6.02. The van der Waals surface area contributed by atoms with Crippen molar-refractivity contribution in [2.75, 3.05) is 4.90 Å². The lowest BCUT2D eigenvalue weighted by Gasteiger charge is -2.14. The third kappa shape index (κ3) is 2.38. The van der Waals surface area contributed by atoms with Gasteiger partial charge < -0.3 is 0 Å². The van der Waals surface area contributed by atoms with E-state index in [9.17, 15) is 9.59 Å². The highest BCUT2D eigenvalue weighted by atomic mass is 16.2. The fourth-order valence-electron chi connectivity index (χ4n) is 3.35. The van der Waals surface area contributed by atoms with Crippen LogP contribution < -0.4 is 4.90 Å². The molecule has 1 aromatic heterocycles. The van der Waals surface area contributed by atoms with Crippen LogP contribution >= 0.6 is 0 Å². The van der Waals surface area contributed by atoms with Crippen molar-refractivity contribution >= 4 is 17.6 Å². The summed E-state index contributed by atoms with van der Waals surface area (Å²) in [5.41, 5.74) is 1.12. The normalized spacial score (nSPS) is 23.4. The van der Waals surface area contributed by atoms with Gasteiger partial charge in [-0.3, -0.25) is 14.3 Å². The van der Waals surface area contributed by atoms with Crippen molar-refractivity contribution in [3.63, 3.8) is 0 Å². The Hall–Kier alpha value is -2.69. The van der Waals surface area contributed by atoms with E-state index in [0.29, 0.717) is 25.2 Å². The second kappa shape index (κ2) is 5.50. The van der Waals surface area contributed by atoms with Crippen LogP contribution in [0.4, 0.5) is 5.82 Å². The number of carbonyl (C=O) groups is 2. The van der Waals surface area contributed by atoms with Crippen molar-refractivity contribution in [2.24, 2.45) is 11.8 Å². The van der Waals surface area contributed by atoms with Gasteiger partial charge in [-0.05, 0) is 18.4 Å². The number of carbonyl (C=O) groups excluding carboxylic acids is 2. The van der Waals surface area contributed by atoms with Gasteiger partial charge in [-0.1, -0.05) is 42.5 Å². The van der Waals surface area contributed by atoms with Crippen molar-refractivity contribution in [1.82, 2.24) is 9.78 Å². The van der Waals surface area contributed by atoms with Gasteiger partial charge >= 0.3 is 0 Å². The Morgan fingerprint density at radius 2 is 1.61 bits per heavy atom. The first kappa shape index (κ1) is 13.9. The number of aromatic nitrogens is 2. The van der Waals surface area contributed by atoms with E-state index in [1.807, 2.05) is 48.7 Å². The zero-order chi connectivity index (χ0) is 15.8. The van der Waals surface area contributed by atoms with Gasteiger partial charge in [0.1, 0.15) is 0 Å². The summed E-state index contributed by atoms with van der Waals surface area (Å²) < 4.78 is 1.76. The van der Waals surface area contributed by atoms with Gasteiger partial charge in [0.15, 0.2) is 5.82 Å². The number of nitrogens with zero attached hydrogens (tertiary/aromatic N) is 3. The molecule has 2 heterocycles. The van der Waals surface area contributed by atoms with Crippen LogP contribution in [-0.2, 0) is 16.1 Å². The fraction of sp³-hybridized carbons (Fsp3) is 0.278. The van der Waals surface area contributed by atoms with E-state index in [1.54, 1.807) is 10.7 Å². The Balaban J connectivity index is 1.57. The molecule has 2 amide bonds. The number of imide groups is 1. The van der Waals surface area contributed by atoms with Gasteiger partial charge in [-0.25, -0.2) is 4.90 Å². The Morgan fingerprint density at radius 1 is 0.957 bits per heavy atom. The molecule has 1 aliphatic heterocycles. The van der Waals surface area contributed by atoms with Crippen LogP contribution in [0.25, 0.3) is 0 Å². The van der Waals surface area contributed by atoms with Crippen molar-refractivity contribution in [2.45, 2.75) is 19.4 Å². The molecule has 0 unspecified atom stereocenters. The summed E-state index contributed by atoms with van der Waals surface area (Å²) in [4.78, 5) is 26.3. The number of benzene rings is 1. The lowest BCUT2D eigenvalue weighted by Crippen LogP contribution is -2.31. The Kier molecular flexibility index (Phi) is 3.33. The third-order valence-electron chi connectivity index (χ3n) is 4.55. The summed E-state index contributed by atoms with van der Waals surface area (Å²) in [6.07, 6.45) is 7.09. The van der Waals surface area contributed by atoms with Crippen LogP contribution in [0.15, 0.2) is 54.7 Å². The number of hydrogen-bond donors (Lipinski definition) is 0. The van der Waals surface area contributed by atoms with E-state index >= 15 is 0 Å². The molecule has 0 spiro atoms. The van der Waals surface area contributed by atoms with Gasteiger partial charge in [-0.2, -0.15) is 5.10 Å². The first-order valence-corrected chi connectivity index (χ1v) is 7.84. The van der Waals surface area contributed by atoms with E-state index < -0.39 is 0 Å². The van der Waals surface area contributed by atoms with E-state index in [-0.39, 0.29) is 23.7 Å². The van der Waals surface area contributed by atoms with E-state index in [1.165, 1.54) is 4.90 Å². The lowest BCUT2D eigenvalue weighted by atomic mass is 9.85. The number of anilines is 1. The zero-order valence-corrected chi connectivity index (χ0v) is 12.6. The van der Waals surface area contributed by atoms with Crippen molar-refractivity contribution in [1.29, 1.82) is 0 Å². The predicted octanol–water partition coefficient (Wildman–Crippen LogP) is 2.39. The van der Waals surface area contributed by atoms with E-state index in [4.69, 9.17) is 0 Å². The fourth-order valence-corrected chi connectivity index (χ4v) is 3.35. The van der Waals surface area contributed by atoms with Crippen molar-refractivity contribution < 1.29 is 9.59 Å². The van der Waals surface area contributed by atoms with Crippen LogP contribution in [0.2, 0.25) is 0 Å². The Bertz CT molecular complexity index is 753. The molecule has 2 aromatic rings. The minimum absolute atomic E-state index is 0.116. The first-order chi connectivity index (χ1) is 11.2. The highest BCUT2D eigenvalue weighted by Gasteiger charge is 2.48. The number of allylic oxidation sites excluding steroid dienone is 2. The summed E-state index contributed by atoms with van der Waals surface area (Å²) in [6, 6.07) is 11.7. The van der Waals surface area contributed by atoms with Gasteiger partial charge in [0, 0.05) is 12.3 Å². The molecule has 5 heteroatoms. The Labute approximate surface area is 134 Å². The Morgan fingerprint density at radius 3 is 2.26 bits per heavy atom. The smallest absolute Gasteiger partial charge is 0.239 e. The molecular weight excluding hydrogens is 290 g/mol. The second-order valence-electron chi connectivity index (χ2n) is 6.02. The molecule has 4 rings (SSSR count). The summed E-state index contributed by atoms with van der Waals surface area (Å²) in [5.74, 6) is -0.229. The van der Waals surface area contributed by atoms with Crippen molar-refractivity contribution in [3.8, 4) is 0 Å². The average molecular weight is 307 g/mol. The molecule has 0 saturated carbocycles. The highest BCUT2D eigenvalue weighted by molar-refractivity contribution is 6.21. The number of amides is 2. The minimum atomic E-state index is -0.216. The average Bonchev–Trinajstić information content (AvgIpc) is 3.12. The van der Waals surface area contributed by atoms with Gasteiger partial charge in [0.2, 0.25) is 11.8 Å². The topological polar surface area (TPSA) is 55.2 Å². The van der Waals surface area contributed by atoms with Gasteiger partial charge in [0.25, 0.3) is 0 Å². The number of hydrogen-bond acceptors (Lipinski definition) is 3. The van der Waals surface area contributed by atoms with Crippen molar-refractivity contribution in [3.05, 3.63) is 60.3 Å². The van der Waals surface area contributed by atoms with Crippen LogP contribution in [0.3, 0.4) is 0 Å². The number of rotatable bonds is 3.